The maximum absolute atomic E-state index is 3.49. The molecule has 0 saturated heterocycles. The van der Waals surface area contributed by atoms with Crippen molar-refractivity contribution in [3.8, 4) is 0 Å². The molecule has 0 amide bonds. The minimum absolute atomic E-state index is 0.224. The van der Waals surface area contributed by atoms with Crippen molar-refractivity contribution in [3.05, 3.63) is 29.8 Å². The van der Waals surface area contributed by atoms with Crippen LogP contribution >= 0.6 is 0 Å². The highest BCUT2D eigenvalue weighted by atomic mass is 15.1. The van der Waals surface area contributed by atoms with Gasteiger partial charge >= 0.3 is 0 Å². The molecular weight excluding hydrogens is 208 g/mol. The number of rotatable bonds is 5. The molecule has 1 aromatic carbocycles. The summed E-state index contributed by atoms with van der Waals surface area (Å²) in [7, 11) is 4.22. The van der Waals surface area contributed by atoms with Gasteiger partial charge in [-0.2, -0.15) is 0 Å². The van der Waals surface area contributed by atoms with E-state index in [1.807, 2.05) is 0 Å². The predicted octanol–water partition coefficient (Wildman–Crippen LogP) is 3.35. The summed E-state index contributed by atoms with van der Waals surface area (Å²) in [4.78, 5) is 2.22. The highest BCUT2D eigenvalue weighted by Gasteiger charge is 2.13. The van der Waals surface area contributed by atoms with Crippen molar-refractivity contribution >= 4 is 5.69 Å². The maximum Gasteiger partial charge on any atom is 0.0343 e. The van der Waals surface area contributed by atoms with Crippen molar-refractivity contribution in [2.45, 2.75) is 32.6 Å². The lowest BCUT2D eigenvalue weighted by atomic mass is 9.87. The van der Waals surface area contributed by atoms with E-state index >= 15 is 0 Å². The van der Waals surface area contributed by atoms with Crippen LogP contribution in [0, 0.1) is 0 Å². The van der Waals surface area contributed by atoms with Gasteiger partial charge < -0.3 is 10.2 Å². The highest BCUT2D eigenvalue weighted by molar-refractivity contribution is 5.47. The topological polar surface area (TPSA) is 15.3 Å². The van der Waals surface area contributed by atoms with E-state index in [0.717, 1.165) is 13.1 Å². The first-order chi connectivity index (χ1) is 7.89. The molecule has 0 bridgehead atoms. The summed E-state index contributed by atoms with van der Waals surface area (Å²) in [5.41, 5.74) is 2.84. The molecule has 0 atom stereocenters. The molecule has 2 heteroatoms. The van der Waals surface area contributed by atoms with Gasteiger partial charge in [-0.25, -0.2) is 0 Å². The molecule has 0 fully saturated rings. The van der Waals surface area contributed by atoms with Gasteiger partial charge in [0.1, 0.15) is 0 Å². The Hall–Kier alpha value is -1.02. The molecule has 0 heterocycles. The molecule has 96 valence electrons. The second-order valence-electron chi connectivity index (χ2n) is 5.91. The average Bonchev–Trinajstić information content (AvgIpc) is 2.23. The Morgan fingerprint density at radius 1 is 1.18 bits per heavy atom. The molecule has 0 aliphatic heterocycles. The summed E-state index contributed by atoms with van der Waals surface area (Å²) in [6.45, 7) is 8.91. The average molecular weight is 234 g/mol. The van der Waals surface area contributed by atoms with Crippen LogP contribution in [0.4, 0.5) is 5.69 Å². The molecule has 0 aromatic heterocycles. The third kappa shape index (κ3) is 5.22. The lowest BCUT2D eigenvalue weighted by molar-refractivity contribution is 0.405. The van der Waals surface area contributed by atoms with E-state index in [1.54, 1.807) is 0 Å². The number of hydrogen-bond donors (Lipinski definition) is 1. The third-order valence-corrected chi connectivity index (χ3v) is 2.84. The molecule has 1 rings (SSSR count). The summed E-state index contributed by atoms with van der Waals surface area (Å²) in [6.07, 6.45) is 1.17. The number of nitrogens with one attached hydrogen (secondary N) is 1. The van der Waals surface area contributed by atoms with Crippen LogP contribution in [-0.4, -0.2) is 32.1 Å². The first-order valence-corrected chi connectivity index (χ1v) is 6.39. The van der Waals surface area contributed by atoms with E-state index in [9.17, 15) is 0 Å². The molecule has 2 nitrogen and oxygen atoms in total. The molecule has 0 spiro atoms. The van der Waals surface area contributed by atoms with E-state index in [-0.39, 0.29) is 5.41 Å². The van der Waals surface area contributed by atoms with Crippen molar-refractivity contribution in [2.75, 3.05) is 32.5 Å². The molecule has 0 radical (unpaired) electrons. The second kappa shape index (κ2) is 6.06. The van der Waals surface area contributed by atoms with Crippen LogP contribution in [0.2, 0.25) is 0 Å². The van der Waals surface area contributed by atoms with Crippen LogP contribution in [0.25, 0.3) is 0 Å². The zero-order valence-corrected chi connectivity index (χ0v) is 11.9. The monoisotopic (exact) mass is 234 g/mol. The molecule has 0 unspecified atom stereocenters. The van der Waals surface area contributed by atoms with Crippen molar-refractivity contribution in [3.63, 3.8) is 0 Å². The third-order valence-electron chi connectivity index (χ3n) is 2.84. The normalized spacial score (nSPS) is 11.9. The van der Waals surface area contributed by atoms with Gasteiger partial charge in [-0.3, -0.25) is 0 Å². The van der Waals surface area contributed by atoms with E-state index in [4.69, 9.17) is 0 Å². The molecule has 1 N–H and O–H groups in total. The minimum Gasteiger partial charge on any atom is -0.385 e. The highest BCUT2D eigenvalue weighted by Crippen LogP contribution is 2.24. The zero-order valence-electron chi connectivity index (χ0n) is 11.9. The van der Waals surface area contributed by atoms with E-state index < -0.39 is 0 Å². The van der Waals surface area contributed by atoms with Crippen LogP contribution in [0.1, 0.15) is 32.8 Å². The summed E-state index contributed by atoms with van der Waals surface area (Å²) >= 11 is 0. The van der Waals surface area contributed by atoms with Crippen molar-refractivity contribution in [2.24, 2.45) is 0 Å². The van der Waals surface area contributed by atoms with Crippen LogP contribution < -0.4 is 5.32 Å². The quantitative estimate of drug-likeness (QED) is 0.786. The Balaban J connectivity index is 2.49. The Kier molecular flexibility index (Phi) is 5.01. The largest absolute Gasteiger partial charge is 0.385 e. The Labute approximate surface area is 106 Å². The van der Waals surface area contributed by atoms with Crippen LogP contribution in [0.3, 0.4) is 0 Å². The smallest absolute Gasteiger partial charge is 0.0343 e. The standard InChI is InChI=1S/C15H26N2/c1-15(2,3)13-8-6-9-14(12-13)16-10-7-11-17(4)5/h6,8-9,12,16H,7,10-11H2,1-5H3. The van der Waals surface area contributed by atoms with Crippen molar-refractivity contribution in [1.29, 1.82) is 0 Å². The molecule has 0 saturated carbocycles. The molecule has 0 aliphatic rings. The van der Waals surface area contributed by atoms with Gasteiger partial charge in [0.25, 0.3) is 0 Å². The number of anilines is 1. The Bertz CT molecular complexity index is 337. The second-order valence-corrected chi connectivity index (χ2v) is 5.91. The summed E-state index contributed by atoms with van der Waals surface area (Å²) in [6, 6.07) is 8.74. The number of hydrogen-bond acceptors (Lipinski definition) is 2. The summed E-state index contributed by atoms with van der Waals surface area (Å²) in [5.74, 6) is 0. The van der Waals surface area contributed by atoms with Gasteiger partial charge in [-0.1, -0.05) is 32.9 Å². The number of benzene rings is 1. The first-order valence-electron chi connectivity index (χ1n) is 6.39. The summed E-state index contributed by atoms with van der Waals surface area (Å²) < 4.78 is 0. The minimum atomic E-state index is 0.224. The van der Waals surface area contributed by atoms with E-state index in [1.165, 1.54) is 17.7 Å². The van der Waals surface area contributed by atoms with Gasteiger partial charge in [0, 0.05) is 12.2 Å². The van der Waals surface area contributed by atoms with Crippen LogP contribution in [0.15, 0.2) is 24.3 Å². The molecular formula is C15H26N2. The first kappa shape index (κ1) is 14.0. The van der Waals surface area contributed by atoms with Gasteiger partial charge in [-0.15, -0.1) is 0 Å². The SMILES string of the molecule is CN(C)CCCNc1cccc(C(C)(C)C)c1. The summed E-state index contributed by atoms with van der Waals surface area (Å²) in [5, 5.41) is 3.49. The van der Waals surface area contributed by atoms with Gasteiger partial charge in [-0.05, 0) is 50.2 Å². The Morgan fingerprint density at radius 3 is 2.47 bits per heavy atom. The zero-order chi connectivity index (χ0) is 12.9. The molecule has 17 heavy (non-hydrogen) atoms. The fraction of sp³-hybridized carbons (Fsp3) is 0.600. The Morgan fingerprint density at radius 2 is 1.88 bits per heavy atom. The predicted molar refractivity (Wildman–Crippen MR) is 76.8 cm³/mol. The lowest BCUT2D eigenvalue weighted by Crippen LogP contribution is -2.16. The van der Waals surface area contributed by atoms with Crippen LogP contribution in [-0.2, 0) is 5.41 Å². The van der Waals surface area contributed by atoms with E-state index in [0.29, 0.717) is 0 Å². The van der Waals surface area contributed by atoms with Crippen LogP contribution in [0.5, 0.6) is 0 Å². The molecule has 0 aliphatic carbocycles. The molecule has 1 aromatic rings. The lowest BCUT2D eigenvalue weighted by Gasteiger charge is -2.20. The van der Waals surface area contributed by atoms with Crippen molar-refractivity contribution in [1.82, 2.24) is 4.90 Å². The fourth-order valence-electron chi connectivity index (χ4n) is 1.72. The van der Waals surface area contributed by atoms with Gasteiger partial charge in [0.05, 0.1) is 0 Å². The van der Waals surface area contributed by atoms with Gasteiger partial charge in [0.15, 0.2) is 0 Å². The number of nitrogens with zero attached hydrogens (tertiary/aromatic N) is 1. The maximum atomic E-state index is 3.49. The van der Waals surface area contributed by atoms with E-state index in [2.05, 4.69) is 69.3 Å². The van der Waals surface area contributed by atoms with Gasteiger partial charge in [0.2, 0.25) is 0 Å². The fourth-order valence-corrected chi connectivity index (χ4v) is 1.72. The van der Waals surface area contributed by atoms with Crippen molar-refractivity contribution < 1.29 is 0 Å².